The normalized spacial score (nSPS) is 19.4. The van der Waals surface area contributed by atoms with E-state index in [0.717, 1.165) is 0 Å². The Morgan fingerprint density at radius 1 is 1.39 bits per heavy atom. The van der Waals surface area contributed by atoms with Crippen molar-refractivity contribution >= 4 is 11.3 Å². The number of aromatic nitrogens is 1. The van der Waals surface area contributed by atoms with Gasteiger partial charge in [0.2, 0.25) is 0 Å². The lowest BCUT2D eigenvalue weighted by molar-refractivity contribution is 0.255. The Labute approximate surface area is 114 Å². The maximum absolute atomic E-state index is 5.89. The van der Waals surface area contributed by atoms with E-state index in [9.17, 15) is 0 Å². The van der Waals surface area contributed by atoms with Crippen molar-refractivity contribution in [3.63, 3.8) is 0 Å². The Morgan fingerprint density at radius 3 is 2.56 bits per heavy atom. The van der Waals surface area contributed by atoms with E-state index in [0.29, 0.717) is 12.5 Å². The molecule has 0 aromatic carbocycles. The van der Waals surface area contributed by atoms with Gasteiger partial charge in [0.05, 0.1) is 10.7 Å². The molecule has 0 bridgehead atoms. The first kappa shape index (κ1) is 14.0. The van der Waals surface area contributed by atoms with E-state index in [4.69, 9.17) is 10.7 Å². The average Bonchev–Trinajstić information content (AvgIpc) is 2.73. The highest BCUT2D eigenvalue weighted by Crippen LogP contribution is 2.37. The number of hydrogen-bond donors (Lipinski definition) is 1. The molecule has 3 nitrogen and oxygen atoms in total. The number of thiazole rings is 1. The van der Waals surface area contributed by atoms with Gasteiger partial charge in [-0.15, -0.1) is 11.3 Å². The second-order valence-corrected chi connectivity index (χ2v) is 7.16. The number of aryl methyl sites for hydroxylation is 1. The van der Waals surface area contributed by atoms with Crippen LogP contribution in [0.3, 0.4) is 0 Å². The third-order valence-electron chi connectivity index (χ3n) is 4.01. The molecule has 2 heterocycles. The fourth-order valence-corrected chi connectivity index (χ4v) is 3.92. The van der Waals surface area contributed by atoms with Crippen molar-refractivity contribution in [1.29, 1.82) is 0 Å². The number of likely N-dealkylation sites (tertiary alicyclic amines) is 1. The van der Waals surface area contributed by atoms with Crippen LogP contribution in [0.15, 0.2) is 0 Å². The molecular formula is C14H25N3S. The van der Waals surface area contributed by atoms with Crippen LogP contribution >= 0.6 is 11.3 Å². The number of nitrogens with zero attached hydrogens (tertiary/aromatic N) is 2. The summed E-state index contributed by atoms with van der Waals surface area (Å²) in [6.07, 6.45) is 2.48. The Kier molecular flexibility index (Phi) is 4.09. The summed E-state index contributed by atoms with van der Waals surface area (Å²) in [5, 5.41) is 1.33. The maximum Gasteiger partial charge on any atom is 0.0963 e. The lowest BCUT2D eigenvalue weighted by atomic mass is 9.91. The van der Waals surface area contributed by atoms with Crippen LogP contribution in [-0.4, -0.2) is 36.6 Å². The standard InChI is InChI=1S/C14H25N3S/c1-10-12(14(2,3)9-15)18-13(16-10)11-5-7-17(4)8-6-11/h11H,5-9,15H2,1-4H3. The van der Waals surface area contributed by atoms with Gasteiger partial charge in [-0.25, -0.2) is 4.98 Å². The molecule has 0 atom stereocenters. The van der Waals surface area contributed by atoms with Crippen molar-refractivity contribution in [2.24, 2.45) is 5.73 Å². The van der Waals surface area contributed by atoms with Gasteiger partial charge < -0.3 is 10.6 Å². The van der Waals surface area contributed by atoms with E-state index in [2.05, 4.69) is 32.7 Å². The van der Waals surface area contributed by atoms with Crippen LogP contribution in [0.1, 0.15) is 48.2 Å². The van der Waals surface area contributed by atoms with E-state index >= 15 is 0 Å². The number of piperidine rings is 1. The first-order chi connectivity index (χ1) is 8.44. The summed E-state index contributed by atoms with van der Waals surface area (Å²) in [7, 11) is 2.20. The Balaban J connectivity index is 2.19. The van der Waals surface area contributed by atoms with Gasteiger partial charge >= 0.3 is 0 Å². The molecule has 2 N–H and O–H groups in total. The zero-order valence-electron chi connectivity index (χ0n) is 12.0. The van der Waals surface area contributed by atoms with E-state index in [1.54, 1.807) is 0 Å². The van der Waals surface area contributed by atoms with Gasteiger partial charge in [-0.2, -0.15) is 0 Å². The van der Waals surface area contributed by atoms with Crippen molar-refractivity contribution in [3.05, 3.63) is 15.6 Å². The minimum absolute atomic E-state index is 0.0610. The lowest BCUT2D eigenvalue weighted by Gasteiger charge is -2.27. The van der Waals surface area contributed by atoms with Gasteiger partial charge in [-0.3, -0.25) is 0 Å². The fourth-order valence-electron chi connectivity index (χ4n) is 2.57. The van der Waals surface area contributed by atoms with Crippen LogP contribution in [0.4, 0.5) is 0 Å². The first-order valence-corrected chi connectivity index (χ1v) is 7.62. The molecule has 1 aromatic rings. The predicted molar refractivity (Wildman–Crippen MR) is 78.4 cm³/mol. The minimum atomic E-state index is 0.0610. The van der Waals surface area contributed by atoms with Gasteiger partial charge in [0.1, 0.15) is 0 Å². The molecule has 1 aromatic heterocycles. The molecule has 0 radical (unpaired) electrons. The second kappa shape index (κ2) is 5.27. The second-order valence-electron chi connectivity index (χ2n) is 6.13. The van der Waals surface area contributed by atoms with Gasteiger partial charge in [-0.1, -0.05) is 13.8 Å². The summed E-state index contributed by atoms with van der Waals surface area (Å²) in [5.74, 6) is 0.659. The summed E-state index contributed by atoms with van der Waals surface area (Å²) in [5.41, 5.74) is 7.13. The maximum atomic E-state index is 5.89. The molecule has 4 heteroatoms. The molecule has 18 heavy (non-hydrogen) atoms. The molecule has 0 amide bonds. The Hall–Kier alpha value is -0.450. The van der Waals surface area contributed by atoms with Gasteiger partial charge in [-0.05, 0) is 39.9 Å². The van der Waals surface area contributed by atoms with Crippen LogP contribution in [0.2, 0.25) is 0 Å². The number of rotatable bonds is 3. The van der Waals surface area contributed by atoms with Gasteiger partial charge in [0.25, 0.3) is 0 Å². The quantitative estimate of drug-likeness (QED) is 0.915. The topological polar surface area (TPSA) is 42.2 Å². The van der Waals surface area contributed by atoms with Crippen LogP contribution in [0, 0.1) is 6.92 Å². The minimum Gasteiger partial charge on any atom is -0.330 e. The van der Waals surface area contributed by atoms with Gasteiger partial charge in [0, 0.05) is 22.8 Å². The average molecular weight is 267 g/mol. The van der Waals surface area contributed by atoms with Crippen molar-refractivity contribution in [3.8, 4) is 0 Å². The van der Waals surface area contributed by atoms with Crippen LogP contribution in [-0.2, 0) is 5.41 Å². The molecule has 0 saturated carbocycles. The van der Waals surface area contributed by atoms with Crippen LogP contribution < -0.4 is 5.73 Å². The summed E-state index contributed by atoms with van der Waals surface area (Å²) < 4.78 is 0. The lowest BCUT2D eigenvalue weighted by Crippen LogP contribution is -2.29. The van der Waals surface area contributed by atoms with E-state index < -0.39 is 0 Å². The van der Waals surface area contributed by atoms with Crippen molar-refractivity contribution in [2.75, 3.05) is 26.7 Å². The van der Waals surface area contributed by atoms with E-state index in [1.165, 1.54) is 41.5 Å². The van der Waals surface area contributed by atoms with Crippen LogP contribution in [0.25, 0.3) is 0 Å². The number of nitrogens with two attached hydrogens (primary N) is 1. The summed E-state index contributed by atoms with van der Waals surface area (Å²) >= 11 is 1.89. The molecule has 0 unspecified atom stereocenters. The Bertz CT molecular complexity index is 403. The molecule has 102 valence electrons. The Morgan fingerprint density at radius 2 is 2.00 bits per heavy atom. The van der Waals surface area contributed by atoms with Crippen LogP contribution in [0.5, 0.6) is 0 Å². The molecular weight excluding hydrogens is 242 g/mol. The molecule has 1 fully saturated rings. The SMILES string of the molecule is Cc1nc(C2CCN(C)CC2)sc1C(C)(C)CN. The van der Waals surface area contributed by atoms with Crippen molar-refractivity contribution in [2.45, 2.75) is 44.9 Å². The summed E-state index contributed by atoms with van der Waals surface area (Å²) in [6, 6.07) is 0. The molecule has 0 spiro atoms. The molecule has 1 aliphatic rings. The molecule has 1 saturated heterocycles. The van der Waals surface area contributed by atoms with Crippen molar-refractivity contribution < 1.29 is 0 Å². The fraction of sp³-hybridized carbons (Fsp3) is 0.786. The smallest absolute Gasteiger partial charge is 0.0963 e. The monoisotopic (exact) mass is 267 g/mol. The van der Waals surface area contributed by atoms with E-state index in [-0.39, 0.29) is 5.41 Å². The zero-order chi connectivity index (χ0) is 13.3. The highest BCUT2D eigenvalue weighted by Gasteiger charge is 2.28. The molecule has 2 rings (SSSR count). The molecule has 1 aliphatic heterocycles. The summed E-state index contributed by atoms with van der Waals surface area (Å²) in [6.45, 7) is 9.63. The largest absolute Gasteiger partial charge is 0.330 e. The third kappa shape index (κ3) is 2.76. The van der Waals surface area contributed by atoms with Gasteiger partial charge in [0.15, 0.2) is 0 Å². The zero-order valence-corrected chi connectivity index (χ0v) is 12.8. The molecule has 0 aliphatic carbocycles. The predicted octanol–water partition coefficient (Wildman–Crippen LogP) is 2.50. The third-order valence-corrected chi connectivity index (χ3v) is 5.69. The first-order valence-electron chi connectivity index (χ1n) is 6.80. The van der Waals surface area contributed by atoms with E-state index in [1.807, 2.05) is 11.3 Å². The summed E-state index contributed by atoms with van der Waals surface area (Å²) in [4.78, 5) is 8.60. The number of hydrogen-bond acceptors (Lipinski definition) is 4. The highest BCUT2D eigenvalue weighted by atomic mass is 32.1. The highest BCUT2D eigenvalue weighted by molar-refractivity contribution is 7.12. The van der Waals surface area contributed by atoms with Crippen molar-refractivity contribution in [1.82, 2.24) is 9.88 Å².